The van der Waals surface area contributed by atoms with Gasteiger partial charge >= 0.3 is 0 Å². The van der Waals surface area contributed by atoms with Gasteiger partial charge in [-0.1, -0.05) is 20.8 Å². The molecule has 0 aromatic carbocycles. The summed E-state index contributed by atoms with van der Waals surface area (Å²) in [5, 5.41) is 3.81. The van der Waals surface area contributed by atoms with E-state index in [0.717, 1.165) is 25.6 Å². The van der Waals surface area contributed by atoms with Gasteiger partial charge in [-0.25, -0.2) is 0 Å². The van der Waals surface area contributed by atoms with Gasteiger partial charge in [0.05, 0.1) is 12.2 Å². The highest BCUT2D eigenvalue weighted by Crippen LogP contribution is 2.42. The van der Waals surface area contributed by atoms with Crippen molar-refractivity contribution in [2.75, 3.05) is 40.4 Å². The molecule has 1 heterocycles. The van der Waals surface area contributed by atoms with Crippen molar-refractivity contribution in [1.82, 2.24) is 10.2 Å². The molecule has 0 bridgehead atoms. The molecule has 1 aliphatic carbocycles. The minimum absolute atomic E-state index is 0.228. The van der Waals surface area contributed by atoms with Crippen molar-refractivity contribution in [2.24, 2.45) is 11.3 Å². The lowest BCUT2D eigenvalue weighted by molar-refractivity contribution is -0.00461. The van der Waals surface area contributed by atoms with Crippen LogP contribution >= 0.6 is 0 Å². The number of nitrogens with one attached hydrogen (secondary N) is 1. The Morgan fingerprint density at radius 3 is 2.29 bits per heavy atom. The average Bonchev–Trinajstić information content (AvgIpc) is 2.98. The average molecular weight is 298 g/mol. The predicted molar refractivity (Wildman–Crippen MR) is 86.6 cm³/mol. The number of hydrogen-bond donors (Lipinski definition) is 1. The van der Waals surface area contributed by atoms with Gasteiger partial charge in [0, 0.05) is 39.9 Å². The molecule has 1 saturated carbocycles. The fourth-order valence-corrected chi connectivity index (χ4v) is 4.21. The molecular formula is C17H34N2O2. The molecule has 2 aliphatic rings. The van der Waals surface area contributed by atoms with Crippen LogP contribution < -0.4 is 5.32 Å². The fourth-order valence-electron chi connectivity index (χ4n) is 4.21. The lowest BCUT2D eigenvalue weighted by atomic mass is 9.84. The van der Waals surface area contributed by atoms with E-state index in [-0.39, 0.29) is 12.2 Å². The molecule has 0 aromatic heterocycles. The molecule has 0 amide bonds. The third-order valence-electron chi connectivity index (χ3n) is 5.48. The first kappa shape index (κ1) is 17.2. The lowest BCUT2D eigenvalue weighted by Gasteiger charge is -2.33. The maximum Gasteiger partial charge on any atom is 0.0971 e. The molecule has 4 heteroatoms. The highest BCUT2D eigenvalue weighted by Gasteiger charge is 2.43. The number of rotatable bonds is 7. The second-order valence-corrected chi connectivity index (χ2v) is 7.49. The van der Waals surface area contributed by atoms with Crippen molar-refractivity contribution < 1.29 is 9.47 Å². The predicted octanol–water partition coefficient (Wildman–Crippen LogP) is 2.14. The summed E-state index contributed by atoms with van der Waals surface area (Å²) >= 11 is 0. The molecule has 0 spiro atoms. The summed E-state index contributed by atoms with van der Waals surface area (Å²) < 4.78 is 11.1. The Labute approximate surface area is 130 Å². The van der Waals surface area contributed by atoms with Crippen molar-refractivity contribution >= 4 is 0 Å². The van der Waals surface area contributed by atoms with E-state index in [9.17, 15) is 0 Å². The summed E-state index contributed by atoms with van der Waals surface area (Å²) in [4.78, 5) is 2.54. The number of ether oxygens (including phenoxy) is 2. The van der Waals surface area contributed by atoms with Gasteiger partial charge in [-0.2, -0.15) is 0 Å². The van der Waals surface area contributed by atoms with Crippen LogP contribution in [0.15, 0.2) is 0 Å². The Morgan fingerprint density at radius 1 is 1.14 bits per heavy atom. The lowest BCUT2D eigenvalue weighted by Crippen LogP contribution is -2.45. The number of likely N-dealkylation sites (tertiary alicyclic amines) is 1. The Bertz CT molecular complexity index is 310. The largest absolute Gasteiger partial charge is 0.377 e. The zero-order valence-electron chi connectivity index (χ0n) is 14.5. The van der Waals surface area contributed by atoms with Gasteiger partial charge in [-0.15, -0.1) is 0 Å². The summed E-state index contributed by atoms with van der Waals surface area (Å²) in [5.41, 5.74) is 0.418. The molecule has 1 aliphatic heterocycles. The highest BCUT2D eigenvalue weighted by molar-refractivity contribution is 4.98. The second-order valence-electron chi connectivity index (χ2n) is 7.49. The van der Waals surface area contributed by atoms with Crippen LogP contribution in [0.1, 0.15) is 40.0 Å². The van der Waals surface area contributed by atoms with Crippen LogP contribution in [0.25, 0.3) is 0 Å². The Kier molecular flexibility index (Phi) is 6.06. The smallest absolute Gasteiger partial charge is 0.0971 e. The molecule has 21 heavy (non-hydrogen) atoms. The third kappa shape index (κ3) is 3.98. The van der Waals surface area contributed by atoms with Crippen LogP contribution in [0.5, 0.6) is 0 Å². The Hall–Kier alpha value is -0.160. The quantitative estimate of drug-likeness (QED) is 0.781. The first-order chi connectivity index (χ1) is 10.0. The number of hydrogen-bond acceptors (Lipinski definition) is 4. The summed E-state index contributed by atoms with van der Waals surface area (Å²) in [6.07, 6.45) is 4.33. The maximum atomic E-state index is 5.56. The van der Waals surface area contributed by atoms with Gasteiger partial charge in [-0.3, -0.25) is 4.90 Å². The first-order valence-corrected chi connectivity index (χ1v) is 8.53. The van der Waals surface area contributed by atoms with Gasteiger partial charge < -0.3 is 14.8 Å². The van der Waals surface area contributed by atoms with Crippen LogP contribution in [0.2, 0.25) is 0 Å². The van der Waals surface area contributed by atoms with Crippen molar-refractivity contribution in [3.8, 4) is 0 Å². The molecular weight excluding hydrogens is 264 g/mol. The van der Waals surface area contributed by atoms with E-state index in [4.69, 9.17) is 9.47 Å². The number of nitrogens with zero attached hydrogens (tertiary/aromatic N) is 1. The topological polar surface area (TPSA) is 33.7 Å². The minimum atomic E-state index is 0.228. The van der Waals surface area contributed by atoms with Crippen molar-refractivity contribution in [2.45, 2.75) is 58.3 Å². The van der Waals surface area contributed by atoms with E-state index in [1.807, 2.05) is 0 Å². The Balaban J connectivity index is 1.92. The summed E-state index contributed by atoms with van der Waals surface area (Å²) in [5.74, 6) is 0.750. The van der Waals surface area contributed by atoms with E-state index in [1.165, 1.54) is 25.8 Å². The molecule has 1 saturated heterocycles. The van der Waals surface area contributed by atoms with E-state index in [0.29, 0.717) is 11.5 Å². The van der Waals surface area contributed by atoms with Gasteiger partial charge in [0.15, 0.2) is 0 Å². The Morgan fingerprint density at radius 2 is 1.76 bits per heavy atom. The van der Waals surface area contributed by atoms with Crippen LogP contribution in [0, 0.1) is 11.3 Å². The van der Waals surface area contributed by atoms with Crippen LogP contribution in [-0.4, -0.2) is 63.5 Å². The van der Waals surface area contributed by atoms with Gasteiger partial charge in [0.2, 0.25) is 0 Å². The first-order valence-electron chi connectivity index (χ1n) is 8.53. The summed E-state index contributed by atoms with van der Waals surface area (Å²) in [6.45, 7) is 11.4. The van der Waals surface area contributed by atoms with Gasteiger partial charge in [0.1, 0.15) is 0 Å². The molecule has 4 atom stereocenters. The summed E-state index contributed by atoms with van der Waals surface area (Å²) in [6, 6.07) is 0.639. The molecule has 2 fully saturated rings. The molecule has 2 rings (SSSR count). The summed E-state index contributed by atoms with van der Waals surface area (Å²) in [7, 11) is 3.59. The second kappa shape index (κ2) is 7.40. The molecule has 4 nitrogen and oxygen atoms in total. The van der Waals surface area contributed by atoms with Crippen molar-refractivity contribution in [1.29, 1.82) is 0 Å². The standard InChI is InChI=1S/C17H34N2O2/c1-6-9-18-16-13(7-8-17(16,2)3)10-19-11-14(20-4)15(12-19)21-5/h13-16,18H,6-12H2,1-5H3. The highest BCUT2D eigenvalue weighted by atomic mass is 16.5. The SMILES string of the molecule is CCCNC1C(CN2CC(OC)C(OC)C2)CCC1(C)C. The zero-order valence-corrected chi connectivity index (χ0v) is 14.5. The fraction of sp³-hybridized carbons (Fsp3) is 1.00. The number of methoxy groups -OCH3 is 2. The molecule has 124 valence electrons. The van der Waals surface area contributed by atoms with Gasteiger partial charge in [0.25, 0.3) is 0 Å². The monoisotopic (exact) mass is 298 g/mol. The van der Waals surface area contributed by atoms with E-state index >= 15 is 0 Å². The van der Waals surface area contributed by atoms with Crippen LogP contribution in [0.4, 0.5) is 0 Å². The normalized spacial score (nSPS) is 36.4. The minimum Gasteiger partial charge on any atom is -0.377 e. The van der Waals surface area contributed by atoms with Crippen molar-refractivity contribution in [3.05, 3.63) is 0 Å². The molecule has 0 radical (unpaired) electrons. The van der Waals surface area contributed by atoms with Gasteiger partial charge in [-0.05, 0) is 37.1 Å². The zero-order chi connectivity index (χ0) is 15.5. The van der Waals surface area contributed by atoms with Crippen molar-refractivity contribution in [3.63, 3.8) is 0 Å². The maximum absolute atomic E-state index is 5.56. The molecule has 4 unspecified atom stereocenters. The van der Waals surface area contributed by atoms with Crippen LogP contribution in [-0.2, 0) is 9.47 Å². The molecule has 0 aromatic rings. The molecule has 1 N–H and O–H groups in total. The van der Waals surface area contributed by atoms with E-state index < -0.39 is 0 Å². The van der Waals surface area contributed by atoms with Crippen LogP contribution in [0.3, 0.4) is 0 Å². The third-order valence-corrected chi connectivity index (χ3v) is 5.48. The van der Waals surface area contributed by atoms with E-state index in [2.05, 4.69) is 31.0 Å². The van der Waals surface area contributed by atoms with E-state index in [1.54, 1.807) is 14.2 Å².